The van der Waals surface area contributed by atoms with Crippen LogP contribution in [0.1, 0.15) is 13.8 Å². The number of terminal acetylenes is 1. The van der Waals surface area contributed by atoms with Gasteiger partial charge in [-0.2, -0.15) is 13.1 Å². The summed E-state index contributed by atoms with van der Waals surface area (Å²) in [6, 6.07) is 8.40. The number of rotatable bonds is 7. The molecular weight excluding hydrogens is 292 g/mol. The molecule has 0 bridgehead atoms. The number of amides is 1. The first-order valence-electron chi connectivity index (χ1n) is 6.31. The predicted octanol–water partition coefficient (Wildman–Crippen LogP) is 0.912. The molecule has 0 aliphatic heterocycles. The highest BCUT2D eigenvalue weighted by molar-refractivity contribution is 7.84. The van der Waals surface area contributed by atoms with Crippen molar-refractivity contribution in [3.63, 3.8) is 0 Å². The number of carbonyl (C=O) groups is 1. The quantitative estimate of drug-likeness (QED) is 0.760. The van der Waals surface area contributed by atoms with Gasteiger partial charge in [0.25, 0.3) is 5.91 Å². The first-order chi connectivity index (χ1) is 9.85. The SMILES string of the molecule is C#CCN(C(=O)COS(=O)(=O)NC(C)C)c1ccccc1. The maximum absolute atomic E-state index is 12.1. The fourth-order valence-electron chi connectivity index (χ4n) is 1.55. The Morgan fingerprint density at radius 2 is 2.00 bits per heavy atom. The molecule has 1 amide bonds. The summed E-state index contributed by atoms with van der Waals surface area (Å²) < 4.78 is 29.9. The summed E-state index contributed by atoms with van der Waals surface area (Å²) in [5.74, 6) is 1.83. The van der Waals surface area contributed by atoms with Crippen LogP contribution in [0.15, 0.2) is 30.3 Å². The second kappa shape index (κ2) is 7.78. The molecule has 6 nitrogen and oxygen atoms in total. The Kier molecular flexibility index (Phi) is 6.37. The maximum Gasteiger partial charge on any atom is 0.336 e. The van der Waals surface area contributed by atoms with E-state index in [4.69, 9.17) is 6.42 Å². The number of nitrogens with zero attached hydrogens (tertiary/aromatic N) is 1. The average Bonchev–Trinajstić information content (AvgIpc) is 2.42. The molecule has 0 aliphatic carbocycles. The Bertz CT molecular complexity index is 606. The van der Waals surface area contributed by atoms with Gasteiger partial charge in [-0.15, -0.1) is 6.42 Å². The van der Waals surface area contributed by atoms with Crippen LogP contribution in [0.4, 0.5) is 5.69 Å². The Labute approximate surface area is 125 Å². The van der Waals surface area contributed by atoms with Crippen molar-refractivity contribution in [1.82, 2.24) is 4.72 Å². The minimum absolute atomic E-state index is 0.0316. The van der Waals surface area contributed by atoms with Crippen LogP contribution in [0, 0.1) is 12.3 Å². The van der Waals surface area contributed by atoms with Crippen molar-refractivity contribution in [2.45, 2.75) is 19.9 Å². The highest BCUT2D eigenvalue weighted by atomic mass is 32.2. The van der Waals surface area contributed by atoms with Gasteiger partial charge in [0.1, 0.15) is 6.61 Å². The molecule has 1 aromatic rings. The molecule has 1 N–H and O–H groups in total. The monoisotopic (exact) mass is 310 g/mol. The van der Waals surface area contributed by atoms with E-state index in [1.807, 2.05) is 0 Å². The molecule has 114 valence electrons. The Morgan fingerprint density at radius 3 is 2.52 bits per heavy atom. The van der Waals surface area contributed by atoms with Crippen LogP contribution in [-0.4, -0.2) is 33.5 Å². The standard InChI is InChI=1S/C14H18N2O4S/c1-4-10-16(13-8-6-5-7-9-13)14(17)11-20-21(18,19)15-12(2)3/h1,5-9,12,15H,10-11H2,2-3H3. The van der Waals surface area contributed by atoms with Gasteiger partial charge in [0.15, 0.2) is 0 Å². The summed E-state index contributed by atoms with van der Waals surface area (Å²) in [5, 5.41) is 0. The molecule has 0 radical (unpaired) electrons. The van der Waals surface area contributed by atoms with E-state index < -0.39 is 22.8 Å². The van der Waals surface area contributed by atoms with Gasteiger partial charge < -0.3 is 0 Å². The molecule has 0 saturated carbocycles. The average molecular weight is 310 g/mol. The Morgan fingerprint density at radius 1 is 1.38 bits per heavy atom. The number of para-hydroxylation sites is 1. The van der Waals surface area contributed by atoms with Crippen molar-refractivity contribution in [1.29, 1.82) is 0 Å². The lowest BCUT2D eigenvalue weighted by Gasteiger charge is -2.20. The van der Waals surface area contributed by atoms with E-state index in [0.29, 0.717) is 5.69 Å². The number of carbonyl (C=O) groups excluding carboxylic acids is 1. The summed E-state index contributed by atoms with van der Waals surface area (Å²) in [6.07, 6.45) is 5.24. The van der Waals surface area contributed by atoms with Crippen LogP contribution < -0.4 is 9.62 Å². The third-order valence-electron chi connectivity index (χ3n) is 2.34. The third-order valence-corrected chi connectivity index (χ3v) is 3.52. The molecule has 1 rings (SSSR count). The molecule has 0 spiro atoms. The molecule has 0 fully saturated rings. The molecule has 0 heterocycles. The van der Waals surface area contributed by atoms with Gasteiger partial charge in [-0.1, -0.05) is 24.1 Å². The predicted molar refractivity (Wildman–Crippen MR) is 80.8 cm³/mol. The molecule has 0 aromatic heterocycles. The fourth-order valence-corrected chi connectivity index (χ4v) is 2.45. The second-order valence-electron chi connectivity index (χ2n) is 4.51. The van der Waals surface area contributed by atoms with Gasteiger partial charge in [0.05, 0.1) is 6.54 Å². The lowest BCUT2D eigenvalue weighted by molar-refractivity contribution is -0.120. The Balaban J connectivity index is 2.74. The van der Waals surface area contributed by atoms with Crippen LogP contribution in [-0.2, 0) is 19.3 Å². The van der Waals surface area contributed by atoms with E-state index in [1.54, 1.807) is 44.2 Å². The van der Waals surface area contributed by atoms with E-state index in [1.165, 1.54) is 4.90 Å². The highest BCUT2D eigenvalue weighted by Gasteiger charge is 2.19. The van der Waals surface area contributed by atoms with Crippen molar-refractivity contribution < 1.29 is 17.4 Å². The summed E-state index contributed by atoms with van der Waals surface area (Å²) in [6.45, 7) is 2.72. The summed E-state index contributed by atoms with van der Waals surface area (Å²) in [5.41, 5.74) is 0.582. The van der Waals surface area contributed by atoms with Crippen LogP contribution in [0.2, 0.25) is 0 Å². The molecule has 0 saturated heterocycles. The largest absolute Gasteiger partial charge is 0.336 e. The number of hydrogen-bond acceptors (Lipinski definition) is 4. The fraction of sp³-hybridized carbons (Fsp3) is 0.357. The lowest BCUT2D eigenvalue weighted by Crippen LogP contribution is -2.38. The Hall–Kier alpha value is -1.88. The maximum atomic E-state index is 12.1. The van der Waals surface area contributed by atoms with Gasteiger partial charge in [0, 0.05) is 11.7 Å². The van der Waals surface area contributed by atoms with E-state index in [-0.39, 0.29) is 12.6 Å². The minimum Gasteiger partial charge on any atom is -0.299 e. The van der Waals surface area contributed by atoms with Gasteiger partial charge in [0.2, 0.25) is 0 Å². The summed E-state index contributed by atoms with van der Waals surface area (Å²) >= 11 is 0. The van der Waals surface area contributed by atoms with E-state index >= 15 is 0 Å². The third kappa shape index (κ3) is 5.95. The molecule has 7 heteroatoms. The topological polar surface area (TPSA) is 75.7 Å². The number of nitrogens with one attached hydrogen (secondary N) is 1. The van der Waals surface area contributed by atoms with Crippen molar-refractivity contribution >= 4 is 21.9 Å². The zero-order valence-corrected chi connectivity index (χ0v) is 12.8. The van der Waals surface area contributed by atoms with E-state index in [2.05, 4.69) is 14.8 Å². The van der Waals surface area contributed by atoms with E-state index in [0.717, 1.165) is 0 Å². The number of hydrogen-bond donors (Lipinski definition) is 1. The summed E-state index contributed by atoms with van der Waals surface area (Å²) in [7, 11) is -3.96. The normalized spacial score (nSPS) is 11.1. The first kappa shape index (κ1) is 17.2. The summed E-state index contributed by atoms with van der Waals surface area (Å²) in [4.78, 5) is 13.4. The van der Waals surface area contributed by atoms with Crippen molar-refractivity contribution in [2.75, 3.05) is 18.1 Å². The highest BCUT2D eigenvalue weighted by Crippen LogP contribution is 2.13. The number of anilines is 1. The van der Waals surface area contributed by atoms with E-state index in [9.17, 15) is 13.2 Å². The molecule has 0 atom stereocenters. The van der Waals surface area contributed by atoms with Gasteiger partial charge in [-0.3, -0.25) is 9.69 Å². The van der Waals surface area contributed by atoms with Gasteiger partial charge in [-0.25, -0.2) is 4.18 Å². The smallest absolute Gasteiger partial charge is 0.299 e. The van der Waals surface area contributed by atoms with Crippen molar-refractivity contribution in [3.05, 3.63) is 30.3 Å². The van der Waals surface area contributed by atoms with Crippen molar-refractivity contribution in [3.8, 4) is 12.3 Å². The second-order valence-corrected chi connectivity index (χ2v) is 5.89. The molecule has 21 heavy (non-hydrogen) atoms. The molecule has 1 aromatic carbocycles. The van der Waals surface area contributed by atoms with Crippen LogP contribution in [0.3, 0.4) is 0 Å². The molecule has 0 unspecified atom stereocenters. The number of benzene rings is 1. The van der Waals surface area contributed by atoms with Gasteiger partial charge >= 0.3 is 10.3 Å². The van der Waals surface area contributed by atoms with Crippen LogP contribution >= 0.6 is 0 Å². The molecule has 0 aliphatic rings. The zero-order chi connectivity index (χ0) is 15.9. The molecular formula is C14H18N2O4S. The first-order valence-corrected chi connectivity index (χ1v) is 7.72. The van der Waals surface area contributed by atoms with Crippen LogP contribution in [0.5, 0.6) is 0 Å². The van der Waals surface area contributed by atoms with Crippen LogP contribution in [0.25, 0.3) is 0 Å². The van der Waals surface area contributed by atoms with Crippen molar-refractivity contribution in [2.24, 2.45) is 0 Å². The lowest BCUT2D eigenvalue weighted by atomic mass is 10.3. The zero-order valence-electron chi connectivity index (χ0n) is 11.9. The van der Waals surface area contributed by atoms with Gasteiger partial charge in [-0.05, 0) is 26.0 Å². The minimum atomic E-state index is -3.96.